The number of carbonyl (C=O) groups is 1. The Morgan fingerprint density at radius 2 is 2.00 bits per heavy atom. The van der Waals surface area contributed by atoms with Gasteiger partial charge < -0.3 is 5.11 Å². The van der Waals surface area contributed by atoms with Crippen molar-refractivity contribution < 1.29 is 18.7 Å². The second-order valence-corrected chi connectivity index (χ2v) is 4.01. The Bertz CT molecular complexity index is 382. The molecule has 1 heterocycles. The molecule has 0 atom stereocenters. The summed E-state index contributed by atoms with van der Waals surface area (Å²) in [7, 11) is 0. The molecule has 84 valence electrons. The van der Waals surface area contributed by atoms with Crippen LogP contribution in [0.4, 0.5) is 8.78 Å². The highest BCUT2D eigenvalue weighted by molar-refractivity contribution is 5.86. The van der Waals surface area contributed by atoms with Crippen LogP contribution >= 0.6 is 0 Å². The lowest BCUT2D eigenvalue weighted by Gasteiger charge is -2.20. The Morgan fingerprint density at radius 3 is 2.33 bits per heavy atom. The molecule has 7 heteroatoms. The second-order valence-electron chi connectivity index (χ2n) is 4.01. The van der Waals surface area contributed by atoms with E-state index in [0.29, 0.717) is 0 Å². The first kappa shape index (κ1) is 11.5. The minimum atomic E-state index is -2.91. The summed E-state index contributed by atoms with van der Waals surface area (Å²) in [6, 6.07) is 0. The van der Waals surface area contributed by atoms with E-state index in [4.69, 9.17) is 5.11 Å². The Balaban J connectivity index is 3.37. The second kappa shape index (κ2) is 3.56. The average molecular weight is 219 g/mol. The van der Waals surface area contributed by atoms with Crippen molar-refractivity contribution in [2.75, 3.05) is 0 Å². The van der Waals surface area contributed by atoms with Crippen LogP contribution in [0, 0.1) is 0 Å². The number of aromatic carboxylic acids is 1. The summed E-state index contributed by atoms with van der Waals surface area (Å²) in [5.74, 6) is -1.50. The summed E-state index contributed by atoms with van der Waals surface area (Å²) in [5, 5.41) is 15.3. The molecular weight excluding hydrogens is 208 g/mol. The van der Waals surface area contributed by atoms with Gasteiger partial charge >= 0.3 is 5.97 Å². The lowest BCUT2D eigenvalue weighted by molar-refractivity contribution is 0.0674. The maximum atomic E-state index is 12.6. The third kappa shape index (κ3) is 2.11. The van der Waals surface area contributed by atoms with Gasteiger partial charge in [-0.2, -0.15) is 0 Å². The van der Waals surface area contributed by atoms with E-state index in [-0.39, 0.29) is 0 Å². The molecule has 0 aliphatic rings. The van der Waals surface area contributed by atoms with Crippen LogP contribution < -0.4 is 0 Å². The van der Waals surface area contributed by atoms with Crippen LogP contribution in [0.25, 0.3) is 0 Å². The third-order valence-electron chi connectivity index (χ3n) is 1.75. The first-order valence-corrected chi connectivity index (χ1v) is 4.22. The van der Waals surface area contributed by atoms with Gasteiger partial charge in [0.15, 0.2) is 5.69 Å². The fourth-order valence-corrected chi connectivity index (χ4v) is 1.13. The minimum Gasteiger partial charge on any atom is -0.476 e. The maximum absolute atomic E-state index is 12.6. The molecule has 0 amide bonds. The molecule has 5 nitrogen and oxygen atoms in total. The lowest BCUT2D eigenvalue weighted by atomic mass is 10.1. The van der Waals surface area contributed by atoms with Crippen molar-refractivity contribution in [2.45, 2.75) is 32.7 Å². The molecule has 1 rings (SSSR count). The summed E-state index contributed by atoms with van der Waals surface area (Å²) in [6.45, 7) is 4.91. The molecule has 15 heavy (non-hydrogen) atoms. The highest BCUT2D eigenvalue weighted by atomic mass is 19.3. The predicted molar refractivity (Wildman–Crippen MR) is 46.9 cm³/mol. The van der Waals surface area contributed by atoms with Crippen LogP contribution in [-0.2, 0) is 5.54 Å². The van der Waals surface area contributed by atoms with E-state index in [1.807, 2.05) is 0 Å². The molecule has 1 N–H and O–H groups in total. The fraction of sp³-hybridized carbons (Fsp3) is 0.625. The zero-order chi connectivity index (χ0) is 11.8. The van der Waals surface area contributed by atoms with Gasteiger partial charge in [0.2, 0.25) is 0 Å². The number of alkyl halides is 2. The Kier molecular flexibility index (Phi) is 2.74. The SMILES string of the molecule is CC(C)(C)n1nnc(C(=O)O)c1C(F)F. The van der Waals surface area contributed by atoms with Crippen LogP contribution in [-0.4, -0.2) is 26.1 Å². The van der Waals surface area contributed by atoms with Gasteiger partial charge in [-0.25, -0.2) is 18.3 Å². The van der Waals surface area contributed by atoms with Gasteiger partial charge in [0.1, 0.15) is 5.69 Å². The number of carboxylic acid groups (broad SMARTS) is 1. The summed E-state index contributed by atoms with van der Waals surface area (Å²) in [5.41, 5.74) is -2.08. The monoisotopic (exact) mass is 219 g/mol. The highest BCUT2D eigenvalue weighted by Gasteiger charge is 2.30. The molecule has 0 aliphatic carbocycles. The largest absolute Gasteiger partial charge is 0.476 e. The summed E-state index contributed by atoms with van der Waals surface area (Å²) in [4.78, 5) is 10.6. The summed E-state index contributed by atoms with van der Waals surface area (Å²) < 4.78 is 26.2. The molecule has 0 radical (unpaired) electrons. The average Bonchev–Trinajstić information content (AvgIpc) is 2.45. The molecule has 1 aromatic rings. The van der Waals surface area contributed by atoms with Crippen molar-refractivity contribution in [3.8, 4) is 0 Å². The normalized spacial score (nSPS) is 12.1. The van der Waals surface area contributed by atoms with Crippen molar-refractivity contribution in [3.05, 3.63) is 11.4 Å². The molecule has 1 aromatic heterocycles. The first-order valence-electron chi connectivity index (χ1n) is 4.22. The molecule has 0 aliphatic heterocycles. The van der Waals surface area contributed by atoms with E-state index in [0.717, 1.165) is 4.68 Å². The zero-order valence-electron chi connectivity index (χ0n) is 8.53. The van der Waals surface area contributed by atoms with Crippen LogP contribution in [0.15, 0.2) is 0 Å². The van der Waals surface area contributed by atoms with Crippen molar-refractivity contribution in [2.24, 2.45) is 0 Å². The molecule has 0 bridgehead atoms. The lowest BCUT2D eigenvalue weighted by Crippen LogP contribution is -2.26. The molecule has 0 saturated heterocycles. The minimum absolute atomic E-state index is 0.657. The van der Waals surface area contributed by atoms with Crippen LogP contribution in [0.3, 0.4) is 0 Å². The molecule has 0 aromatic carbocycles. The van der Waals surface area contributed by atoms with E-state index in [1.54, 1.807) is 20.8 Å². The molecular formula is C8H11F2N3O2. The van der Waals surface area contributed by atoms with Crippen molar-refractivity contribution >= 4 is 5.97 Å². The smallest absolute Gasteiger partial charge is 0.358 e. The fourth-order valence-electron chi connectivity index (χ4n) is 1.13. The number of nitrogens with zero attached hydrogens (tertiary/aromatic N) is 3. The number of aromatic nitrogens is 3. The summed E-state index contributed by atoms with van der Waals surface area (Å²) in [6.07, 6.45) is -2.91. The van der Waals surface area contributed by atoms with Crippen LogP contribution in [0.1, 0.15) is 43.4 Å². The predicted octanol–water partition coefficient (Wildman–Crippen LogP) is 1.67. The quantitative estimate of drug-likeness (QED) is 0.821. The number of hydrogen-bond acceptors (Lipinski definition) is 3. The van der Waals surface area contributed by atoms with E-state index < -0.39 is 29.3 Å². The number of carboxylic acids is 1. The van der Waals surface area contributed by atoms with Gasteiger partial charge in [0, 0.05) is 0 Å². The van der Waals surface area contributed by atoms with Crippen molar-refractivity contribution in [1.82, 2.24) is 15.0 Å². The highest BCUT2D eigenvalue weighted by Crippen LogP contribution is 2.26. The van der Waals surface area contributed by atoms with E-state index in [9.17, 15) is 13.6 Å². The van der Waals surface area contributed by atoms with E-state index in [1.165, 1.54) is 0 Å². The maximum Gasteiger partial charge on any atom is 0.358 e. The van der Waals surface area contributed by atoms with Gasteiger partial charge in [-0.1, -0.05) is 5.21 Å². The molecule has 0 saturated carbocycles. The molecule has 0 unspecified atom stereocenters. The molecule has 0 spiro atoms. The van der Waals surface area contributed by atoms with Gasteiger partial charge in [0.25, 0.3) is 6.43 Å². The van der Waals surface area contributed by atoms with Gasteiger partial charge in [-0.3, -0.25) is 0 Å². The van der Waals surface area contributed by atoms with Gasteiger partial charge in [-0.05, 0) is 20.8 Å². The van der Waals surface area contributed by atoms with Gasteiger partial charge in [0.05, 0.1) is 5.54 Å². The van der Waals surface area contributed by atoms with Crippen LogP contribution in [0.2, 0.25) is 0 Å². The van der Waals surface area contributed by atoms with E-state index >= 15 is 0 Å². The van der Waals surface area contributed by atoms with Crippen LogP contribution in [0.5, 0.6) is 0 Å². The molecule has 0 fully saturated rings. The number of hydrogen-bond donors (Lipinski definition) is 1. The Morgan fingerprint density at radius 1 is 1.47 bits per heavy atom. The Labute approximate surface area is 84.7 Å². The topological polar surface area (TPSA) is 68.0 Å². The van der Waals surface area contributed by atoms with Gasteiger partial charge in [-0.15, -0.1) is 5.10 Å². The van der Waals surface area contributed by atoms with Crippen molar-refractivity contribution in [3.63, 3.8) is 0 Å². The van der Waals surface area contributed by atoms with E-state index in [2.05, 4.69) is 10.3 Å². The summed E-state index contributed by atoms with van der Waals surface area (Å²) >= 11 is 0. The standard InChI is InChI=1S/C8H11F2N3O2/c1-8(2,3)13-5(6(9)10)4(7(14)15)11-12-13/h6H,1-3H3,(H,14,15). The first-order chi connectivity index (χ1) is 6.75. The number of halogens is 2. The third-order valence-corrected chi connectivity index (χ3v) is 1.75. The Hall–Kier alpha value is -1.53. The van der Waals surface area contributed by atoms with Crippen molar-refractivity contribution in [1.29, 1.82) is 0 Å². The number of rotatable bonds is 2. The zero-order valence-corrected chi connectivity index (χ0v) is 8.53.